The number of thiazole rings is 1. The molecule has 1 atom stereocenters. The molecular formula is C11H14N2S. The van der Waals surface area contributed by atoms with Gasteiger partial charge in [0.15, 0.2) is 0 Å². The minimum Gasteiger partial charge on any atom is -0.322 e. The first-order chi connectivity index (χ1) is 6.58. The molecule has 0 radical (unpaired) electrons. The van der Waals surface area contributed by atoms with Crippen LogP contribution in [0.3, 0.4) is 0 Å². The molecule has 74 valence electrons. The molecule has 0 bridgehead atoms. The van der Waals surface area contributed by atoms with E-state index in [2.05, 4.69) is 31.0 Å². The van der Waals surface area contributed by atoms with Crippen LogP contribution in [0.4, 0.5) is 0 Å². The van der Waals surface area contributed by atoms with Gasteiger partial charge in [0.2, 0.25) is 0 Å². The second kappa shape index (κ2) is 3.33. The maximum Gasteiger partial charge on any atom is 0.110 e. The fourth-order valence-electron chi connectivity index (χ4n) is 1.59. The summed E-state index contributed by atoms with van der Waals surface area (Å²) in [6, 6.07) is 4.34. The average molecular weight is 206 g/mol. The lowest BCUT2D eigenvalue weighted by Gasteiger charge is -1.95. The molecule has 1 aromatic heterocycles. The zero-order valence-electron chi connectivity index (χ0n) is 8.66. The molecule has 3 heteroatoms. The van der Waals surface area contributed by atoms with E-state index < -0.39 is 0 Å². The number of nitrogens with two attached hydrogens (primary N) is 1. The van der Waals surface area contributed by atoms with Gasteiger partial charge in [0.1, 0.15) is 5.01 Å². The second-order valence-corrected chi connectivity index (χ2v) is 4.80. The van der Waals surface area contributed by atoms with E-state index in [1.807, 2.05) is 6.92 Å². The first-order valence-corrected chi connectivity index (χ1v) is 5.53. The van der Waals surface area contributed by atoms with Gasteiger partial charge in [0, 0.05) is 0 Å². The molecule has 1 heterocycles. The zero-order valence-corrected chi connectivity index (χ0v) is 9.48. The quantitative estimate of drug-likeness (QED) is 0.779. The largest absolute Gasteiger partial charge is 0.322 e. The molecule has 0 spiro atoms. The molecule has 0 aliphatic heterocycles. The van der Waals surface area contributed by atoms with Gasteiger partial charge in [-0.25, -0.2) is 4.98 Å². The van der Waals surface area contributed by atoms with Crippen molar-refractivity contribution < 1.29 is 0 Å². The van der Waals surface area contributed by atoms with Gasteiger partial charge in [-0.1, -0.05) is 6.07 Å². The summed E-state index contributed by atoms with van der Waals surface area (Å²) < 4.78 is 1.27. The third-order valence-corrected chi connectivity index (χ3v) is 3.63. The number of aryl methyl sites for hydroxylation is 2. The lowest BCUT2D eigenvalue weighted by atomic mass is 10.1. The second-order valence-electron chi connectivity index (χ2n) is 3.77. The highest BCUT2D eigenvalue weighted by molar-refractivity contribution is 7.18. The standard InChI is InChI=1S/C11H14N2S/c1-6-4-7(2)10-9(5-6)13-11(14-10)8(3)12/h4-5,8H,12H2,1-3H3. The first-order valence-electron chi connectivity index (χ1n) is 4.71. The van der Waals surface area contributed by atoms with E-state index in [9.17, 15) is 0 Å². The monoisotopic (exact) mass is 206 g/mol. The van der Waals surface area contributed by atoms with Crippen molar-refractivity contribution in [3.05, 3.63) is 28.3 Å². The number of rotatable bonds is 1. The molecule has 1 unspecified atom stereocenters. The number of aromatic nitrogens is 1. The van der Waals surface area contributed by atoms with Gasteiger partial charge in [-0.05, 0) is 38.0 Å². The molecule has 0 aliphatic rings. The van der Waals surface area contributed by atoms with E-state index in [0.29, 0.717) is 0 Å². The highest BCUT2D eigenvalue weighted by Gasteiger charge is 2.09. The molecule has 0 fully saturated rings. The topological polar surface area (TPSA) is 38.9 Å². The Bertz CT molecular complexity index is 471. The fraction of sp³-hybridized carbons (Fsp3) is 0.364. The molecular weight excluding hydrogens is 192 g/mol. The molecule has 0 saturated heterocycles. The number of hydrogen-bond acceptors (Lipinski definition) is 3. The summed E-state index contributed by atoms with van der Waals surface area (Å²) >= 11 is 1.70. The summed E-state index contributed by atoms with van der Waals surface area (Å²) in [5, 5.41) is 1.02. The first kappa shape index (κ1) is 9.62. The van der Waals surface area contributed by atoms with Crippen LogP contribution in [0.5, 0.6) is 0 Å². The number of hydrogen-bond donors (Lipinski definition) is 1. The van der Waals surface area contributed by atoms with Crippen LogP contribution >= 0.6 is 11.3 Å². The van der Waals surface area contributed by atoms with Crippen molar-refractivity contribution in [3.8, 4) is 0 Å². The van der Waals surface area contributed by atoms with Crippen LogP contribution in [0, 0.1) is 13.8 Å². The minimum atomic E-state index is 0.0344. The fourth-order valence-corrected chi connectivity index (χ4v) is 2.56. The molecule has 0 saturated carbocycles. The van der Waals surface area contributed by atoms with Crippen molar-refractivity contribution >= 4 is 21.6 Å². The van der Waals surface area contributed by atoms with Gasteiger partial charge in [0.05, 0.1) is 16.3 Å². The summed E-state index contributed by atoms with van der Waals surface area (Å²) in [7, 11) is 0. The van der Waals surface area contributed by atoms with Crippen molar-refractivity contribution in [2.45, 2.75) is 26.8 Å². The van der Waals surface area contributed by atoms with Crippen LogP contribution in [-0.4, -0.2) is 4.98 Å². The van der Waals surface area contributed by atoms with E-state index in [4.69, 9.17) is 5.73 Å². The van der Waals surface area contributed by atoms with Gasteiger partial charge < -0.3 is 5.73 Å². The molecule has 2 nitrogen and oxygen atoms in total. The van der Waals surface area contributed by atoms with Gasteiger partial charge in [-0.3, -0.25) is 0 Å². The van der Waals surface area contributed by atoms with E-state index in [1.165, 1.54) is 15.8 Å². The van der Waals surface area contributed by atoms with Crippen molar-refractivity contribution in [2.75, 3.05) is 0 Å². The zero-order chi connectivity index (χ0) is 10.3. The van der Waals surface area contributed by atoms with Gasteiger partial charge in [0.25, 0.3) is 0 Å². The van der Waals surface area contributed by atoms with Crippen molar-refractivity contribution in [1.82, 2.24) is 4.98 Å². The molecule has 0 aliphatic carbocycles. The van der Waals surface area contributed by atoms with Crippen molar-refractivity contribution in [3.63, 3.8) is 0 Å². The van der Waals surface area contributed by atoms with Crippen LogP contribution < -0.4 is 5.73 Å². The molecule has 14 heavy (non-hydrogen) atoms. The number of fused-ring (bicyclic) bond motifs is 1. The smallest absolute Gasteiger partial charge is 0.110 e. The third kappa shape index (κ3) is 1.53. The lowest BCUT2D eigenvalue weighted by Crippen LogP contribution is -2.03. The Morgan fingerprint density at radius 3 is 2.71 bits per heavy atom. The third-order valence-electron chi connectivity index (χ3n) is 2.23. The Hall–Kier alpha value is -0.930. The molecule has 0 amide bonds. The van der Waals surface area contributed by atoms with Crippen LogP contribution in [0.1, 0.15) is 29.1 Å². The molecule has 2 rings (SSSR count). The van der Waals surface area contributed by atoms with Crippen molar-refractivity contribution in [1.29, 1.82) is 0 Å². The Kier molecular flexibility index (Phi) is 2.29. The maximum absolute atomic E-state index is 5.81. The predicted molar refractivity (Wildman–Crippen MR) is 61.7 cm³/mol. The maximum atomic E-state index is 5.81. The predicted octanol–water partition coefficient (Wildman–Crippen LogP) is 2.93. The Morgan fingerprint density at radius 2 is 2.07 bits per heavy atom. The van der Waals surface area contributed by atoms with E-state index in [1.54, 1.807) is 11.3 Å². The number of benzene rings is 1. The SMILES string of the molecule is Cc1cc(C)c2sc(C(C)N)nc2c1. The van der Waals surface area contributed by atoms with Crippen LogP contribution in [0.15, 0.2) is 12.1 Å². The summed E-state index contributed by atoms with van der Waals surface area (Å²) in [6.45, 7) is 6.19. The van der Waals surface area contributed by atoms with E-state index in [0.717, 1.165) is 10.5 Å². The Labute approximate surface area is 87.8 Å². The lowest BCUT2D eigenvalue weighted by molar-refractivity contribution is 0.810. The van der Waals surface area contributed by atoms with Gasteiger partial charge in [-0.15, -0.1) is 11.3 Å². The summed E-state index contributed by atoms with van der Waals surface area (Å²) in [5.74, 6) is 0. The Morgan fingerprint density at radius 1 is 1.36 bits per heavy atom. The molecule has 1 aromatic carbocycles. The normalized spacial score (nSPS) is 13.4. The van der Waals surface area contributed by atoms with E-state index >= 15 is 0 Å². The van der Waals surface area contributed by atoms with Crippen LogP contribution in [0.2, 0.25) is 0 Å². The Balaban J connectivity index is 2.70. The average Bonchev–Trinajstić information content (AvgIpc) is 2.47. The van der Waals surface area contributed by atoms with Gasteiger partial charge >= 0.3 is 0 Å². The molecule has 2 aromatic rings. The van der Waals surface area contributed by atoms with E-state index in [-0.39, 0.29) is 6.04 Å². The minimum absolute atomic E-state index is 0.0344. The number of nitrogens with zero attached hydrogens (tertiary/aromatic N) is 1. The highest BCUT2D eigenvalue weighted by atomic mass is 32.1. The summed E-state index contributed by atoms with van der Waals surface area (Å²) in [4.78, 5) is 4.53. The highest BCUT2D eigenvalue weighted by Crippen LogP contribution is 2.28. The summed E-state index contributed by atoms with van der Waals surface area (Å²) in [6.07, 6.45) is 0. The van der Waals surface area contributed by atoms with Crippen LogP contribution in [0.25, 0.3) is 10.2 Å². The van der Waals surface area contributed by atoms with Gasteiger partial charge in [-0.2, -0.15) is 0 Å². The van der Waals surface area contributed by atoms with Crippen LogP contribution in [-0.2, 0) is 0 Å². The van der Waals surface area contributed by atoms with Crippen molar-refractivity contribution in [2.24, 2.45) is 5.73 Å². The summed E-state index contributed by atoms with van der Waals surface area (Å²) in [5.41, 5.74) is 9.45. The molecule has 2 N–H and O–H groups in total.